The lowest BCUT2D eigenvalue weighted by atomic mass is 9.96. The van der Waals surface area contributed by atoms with Crippen LogP contribution in [0.1, 0.15) is 54.1 Å². The third kappa shape index (κ3) is 5.71. The van der Waals surface area contributed by atoms with Crippen LogP contribution in [0.25, 0.3) is 0 Å². The predicted octanol–water partition coefficient (Wildman–Crippen LogP) is 2.54. The number of carbonyl (C=O) groups is 3. The van der Waals surface area contributed by atoms with Crippen molar-refractivity contribution in [3.63, 3.8) is 0 Å². The Hall–Kier alpha value is -2.57. The topological polar surface area (TPSA) is 95.9 Å². The van der Waals surface area contributed by atoms with Gasteiger partial charge in [0.25, 0.3) is 5.91 Å². The molecule has 28 heavy (non-hydrogen) atoms. The zero-order chi connectivity index (χ0) is 20.7. The van der Waals surface area contributed by atoms with E-state index >= 15 is 0 Å². The van der Waals surface area contributed by atoms with Gasteiger partial charge in [0.2, 0.25) is 5.91 Å². The molecule has 0 radical (unpaired) electrons. The average Bonchev–Trinajstić information content (AvgIpc) is 2.66. The van der Waals surface area contributed by atoms with Gasteiger partial charge in [-0.3, -0.25) is 9.59 Å². The highest BCUT2D eigenvalue weighted by Gasteiger charge is 2.29. The van der Waals surface area contributed by atoms with E-state index in [2.05, 4.69) is 12.2 Å². The van der Waals surface area contributed by atoms with E-state index in [-0.39, 0.29) is 17.7 Å². The van der Waals surface area contributed by atoms with Gasteiger partial charge in [-0.05, 0) is 56.4 Å². The fraction of sp³-hybridized carbons (Fsp3) is 0.571. The van der Waals surface area contributed by atoms with Crippen LogP contribution in [0, 0.1) is 19.8 Å². The number of nitrogens with one attached hydrogen (secondary N) is 1. The summed E-state index contributed by atoms with van der Waals surface area (Å²) in [5.41, 5.74) is 1.97. The molecule has 0 aliphatic carbocycles. The van der Waals surface area contributed by atoms with Crippen LogP contribution in [0.3, 0.4) is 0 Å². The lowest BCUT2D eigenvalue weighted by Gasteiger charge is -2.32. The molecule has 2 amide bonds. The summed E-state index contributed by atoms with van der Waals surface area (Å²) in [4.78, 5) is 37.8. The largest absolute Gasteiger partial charge is 0.481 e. The van der Waals surface area contributed by atoms with Crippen molar-refractivity contribution in [3.05, 3.63) is 28.8 Å². The summed E-state index contributed by atoms with van der Waals surface area (Å²) in [7, 11) is 0. The third-order valence-electron chi connectivity index (χ3n) is 4.96. The van der Waals surface area contributed by atoms with Crippen LogP contribution < -0.4 is 10.1 Å². The summed E-state index contributed by atoms with van der Waals surface area (Å²) in [5.74, 6) is -0.811. The number of rotatable bonds is 8. The maximum atomic E-state index is 13.0. The van der Waals surface area contributed by atoms with Gasteiger partial charge in [-0.1, -0.05) is 13.3 Å². The number of aryl methyl sites for hydroxylation is 2. The van der Waals surface area contributed by atoms with Crippen molar-refractivity contribution < 1.29 is 24.2 Å². The zero-order valence-electron chi connectivity index (χ0n) is 16.9. The smallest absolute Gasteiger partial charge is 0.341 e. The number of benzene rings is 1. The number of carbonyl (C=O) groups excluding carboxylic acids is 2. The maximum Gasteiger partial charge on any atom is 0.341 e. The van der Waals surface area contributed by atoms with Crippen molar-refractivity contribution in [2.24, 2.45) is 5.92 Å². The first-order chi connectivity index (χ1) is 13.3. The van der Waals surface area contributed by atoms with Gasteiger partial charge >= 0.3 is 5.97 Å². The summed E-state index contributed by atoms with van der Waals surface area (Å²) in [6.45, 7) is 6.97. The Kier molecular flexibility index (Phi) is 7.84. The molecule has 154 valence electrons. The molecular weight excluding hydrogens is 360 g/mol. The fourth-order valence-corrected chi connectivity index (χ4v) is 3.53. The van der Waals surface area contributed by atoms with E-state index in [1.165, 1.54) is 0 Å². The Balaban J connectivity index is 2.06. The van der Waals surface area contributed by atoms with Crippen LogP contribution >= 0.6 is 0 Å². The number of carboxylic acid groups (broad SMARTS) is 1. The Labute approximate surface area is 166 Å². The zero-order valence-corrected chi connectivity index (χ0v) is 16.9. The highest BCUT2D eigenvalue weighted by atomic mass is 16.5. The summed E-state index contributed by atoms with van der Waals surface area (Å²) in [6.07, 6.45) is 3.58. The first-order valence-electron chi connectivity index (χ1n) is 9.86. The van der Waals surface area contributed by atoms with E-state index in [4.69, 9.17) is 9.84 Å². The lowest BCUT2D eigenvalue weighted by molar-refractivity contribution is -0.139. The van der Waals surface area contributed by atoms with Gasteiger partial charge in [-0.15, -0.1) is 0 Å². The van der Waals surface area contributed by atoms with Crippen molar-refractivity contribution >= 4 is 17.8 Å². The van der Waals surface area contributed by atoms with Gasteiger partial charge in [0.05, 0.1) is 5.92 Å². The standard InChI is InChI=1S/C21H30N2O5/c1-4-5-8-22-20(26)16-7-6-9-23(12-16)21(27)17-10-14(2)19(15(3)11-17)28-13-18(24)25/h10-11,16H,4-9,12-13H2,1-3H3,(H,22,26)(H,24,25). The summed E-state index contributed by atoms with van der Waals surface area (Å²) < 4.78 is 5.33. The molecule has 7 heteroatoms. The van der Waals surface area contributed by atoms with E-state index in [1.54, 1.807) is 30.9 Å². The van der Waals surface area contributed by atoms with Crippen LogP contribution in [0.5, 0.6) is 5.75 Å². The maximum absolute atomic E-state index is 13.0. The molecule has 2 N–H and O–H groups in total. The SMILES string of the molecule is CCCCNC(=O)C1CCCN(C(=O)c2cc(C)c(OCC(=O)O)c(C)c2)C1. The van der Waals surface area contributed by atoms with E-state index in [0.717, 1.165) is 36.8 Å². The third-order valence-corrected chi connectivity index (χ3v) is 4.96. The van der Waals surface area contributed by atoms with Gasteiger partial charge in [0.15, 0.2) is 6.61 Å². The number of amides is 2. The van der Waals surface area contributed by atoms with Gasteiger partial charge in [0.1, 0.15) is 5.75 Å². The molecule has 1 aliphatic rings. The van der Waals surface area contributed by atoms with Crippen molar-refractivity contribution in [2.45, 2.75) is 46.5 Å². The molecule has 1 aromatic rings. The molecule has 0 bridgehead atoms. The summed E-state index contributed by atoms with van der Waals surface area (Å²) >= 11 is 0. The minimum absolute atomic E-state index is 0.0238. The Bertz CT molecular complexity index is 709. The number of hydrogen-bond donors (Lipinski definition) is 2. The van der Waals surface area contributed by atoms with E-state index in [9.17, 15) is 14.4 Å². The van der Waals surface area contributed by atoms with Crippen LogP contribution in [-0.4, -0.2) is 54.0 Å². The van der Waals surface area contributed by atoms with Gasteiger partial charge < -0.3 is 20.1 Å². The quantitative estimate of drug-likeness (QED) is 0.665. The molecule has 1 saturated heterocycles. The Morgan fingerprint density at radius 2 is 1.93 bits per heavy atom. The van der Waals surface area contributed by atoms with Crippen molar-refractivity contribution in [1.82, 2.24) is 10.2 Å². The molecule has 0 saturated carbocycles. The molecule has 2 rings (SSSR count). The number of aliphatic carboxylic acids is 1. The lowest BCUT2D eigenvalue weighted by Crippen LogP contribution is -2.45. The highest BCUT2D eigenvalue weighted by molar-refractivity contribution is 5.95. The van der Waals surface area contributed by atoms with Crippen molar-refractivity contribution in [3.8, 4) is 5.75 Å². The molecule has 1 heterocycles. The molecule has 1 aliphatic heterocycles. The van der Waals surface area contributed by atoms with Crippen LogP contribution in [0.4, 0.5) is 0 Å². The molecule has 0 aromatic heterocycles. The second-order valence-corrected chi connectivity index (χ2v) is 7.36. The van der Waals surface area contributed by atoms with E-state index in [0.29, 0.717) is 30.9 Å². The minimum Gasteiger partial charge on any atom is -0.481 e. The predicted molar refractivity (Wildman–Crippen MR) is 106 cm³/mol. The van der Waals surface area contributed by atoms with E-state index in [1.807, 2.05) is 0 Å². The van der Waals surface area contributed by atoms with Crippen LogP contribution in [-0.2, 0) is 9.59 Å². The fourth-order valence-electron chi connectivity index (χ4n) is 3.53. The van der Waals surface area contributed by atoms with Crippen LogP contribution in [0.2, 0.25) is 0 Å². The molecular formula is C21H30N2O5. The van der Waals surface area contributed by atoms with Gasteiger partial charge in [-0.2, -0.15) is 0 Å². The summed E-state index contributed by atoms with van der Waals surface area (Å²) in [5, 5.41) is 11.7. The minimum atomic E-state index is -1.05. The normalized spacial score (nSPS) is 16.5. The number of nitrogens with zero attached hydrogens (tertiary/aromatic N) is 1. The van der Waals surface area contributed by atoms with Gasteiger partial charge in [-0.25, -0.2) is 4.79 Å². The monoisotopic (exact) mass is 390 g/mol. The molecule has 1 unspecified atom stereocenters. The second-order valence-electron chi connectivity index (χ2n) is 7.36. The Morgan fingerprint density at radius 3 is 2.54 bits per heavy atom. The number of ether oxygens (including phenoxy) is 1. The average molecular weight is 390 g/mol. The van der Waals surface area contributed by atoms with Crippen molar-refractivity contribution in [2.75, 3.05) is 26.2 Å². The number of carboxylic acids is 1. The number of likely N-dealkylation sites (tertiary alicyclic amines) is 1. The number of unbranched alkanes of at least 4 members (excludes halogenated alkanes) is 1. The Morgan fingerprint density at radius 1 is 1.25 bits per heavy atom. The first-order valence-corrected chi connectivity index (χ1v) is 9.86. The van der Waals surface area contributed by atoms with Crippen molar-refractivity contribution in [1.29, 1.82) is 0 Å². The van der Waals surface area contributed by atoms with Gasteiger partial charge in [0, 0.05) is 25.2 Å². The number of hydrogen-bond acceptors (Lipinski definition) is 4. The molecule has 1 aromatic carbocycles. The molecule has 1 fully saturated rings. The molecule has 7 nitrogen and oxygen atoms in total. The van der Waals surface area contributed by atoms with E-state index < -0.39 is 12.6 Å². The number of piperidine rings is 1. The second kappa shape index (κ2) is 10.1. The molecule has 0 spiro atoms. The highest BCUT2D eigenvalue weighted by Crippen LogP contribution is 2.27. The molecule has 1 atom stereocenters. The van der Waals surface area contributed by atoms with Crippen LogP contribution in [0.15, 0.2) is 12.1 Å². The first kappa shape index (κ1) is 21.7. The summed E-state index contributed by atoms with van der Waals surface area (Å²) in [6, 6.07) is 3.44.